The molecule has 5 heteroatoms. The van der Waals surface area contributed by atoms with E-state index in [0.717, 1.165) is 18.6 Å². The van der Waals surface area contributed by atoms with Crippen LogP contribution in [-0.4, -0.2) is 18.4 Å². The van der Waals surface area contributed by atoms with Crippen LogP contribution in [0.3, 0.4) is 0 Å². The van der Waals surface area contributed by atoms with Gasteiger partial charge in [-0.25, -0.2) is 4.39 Å². The van der Waals surface area contributed by atoms with Crippen LogP contribution in [0.25, 0.3) is 0 Å². The van der Waals surface area contributed by atoms with E-state index in [4.69, 9.17) is 16.3 Å². The fourth-order valence-corrected chi connectivity index (χ4v) is 1.63. The van der Waals surface area contributed by atoms with Crippen LogP contribution in [0.5, 0.6) is 0 Å². The van der Waals surface area contributed by atoms with Crippen molar-refractivity contribution in [1.29, 1.82) is 0 Å². The van der Waals surface area contributed by atoms with Crippen LogP contribution >= 0.6 is 11.6 Å². The van der Waals surface area contributed by atoms with Crippen molar-refractivity contribution in [3.63, 3.8) is 0 Å². The Kier molecular flexibility index (Phi) is 5.78. The summed E-state index contributed by atoms with van der Waals surface area (Å²) in [4.78, 5) is 22.9. The van der Waals surface area contributed by atoms with Crippen molar-refractivity contribution in [3.8, 4) is 0 Å². The van der Waals surface area contributed by atoms with Crippen LogP contribution in [0.15, 0.2) is 18.2 Å². The van der Waals surface area contributed by atoms with Gasteiger partial charge in [0.05, 0.1) is 18.1 Å². The van der Waals surface area contributed by atoms with E-state index in [1.165, 1.54) is 6.07 Å². The van der Waals surface area contributed by atoms with Gasteiger partial charge in [-0.3, -0.25) is 9.59 Å². The summed E-state index contributed by atoms with van der Waals surface area (Å²) in [5.41, 5.74) is 0.223. The maximum absolute atomic E-state index is 12.8. The number of ketones is 1. The van der Waals surface area contributed by atoms with Crippen molar-refractivity contribution >= 4 is 23.4 Å². The third-order valence-corrected chi connectivity index (χ3v) is 2.57. The summed E-state index contributed by atoms with van der Waals surface area (Å²) < 4.78 is 17.6. The van der Waals surface area contributed by atoms with Gasteiger partial charge in [0.25, 0.3) is 0 Å². The summed E-state index contributed by atoms with van der Waals surface area (Å²) >= 11 is 5.75. The lowest BCUT2D eigenvalue weighted by molar-refractivity contribution is -0.143. The highest BCUT2D eigenvalue weighted by Crippen LogP contribution is 2.19. The second-order valence-corrected chi connectivity index (χ2v) is 4.18. The molecular formula is C13H14ClFO3. The zero-order valence-electron chi connectivity index (χ0n) is 10.0. The summed E-state index contributed by atoms with van der Waals surface area (Å²) in [6, 6.07) is 3.55. The molecule has 1 aromatic rings. The zero-order chi connectivity index (χ0) is 13.5. The summed E-state index contributed by atoms with van der Waals surface area (Å²) in [6.07, 6.45) is 0.754. The predicted molar refractivity (Wildman–Crippen MR) is 66.2 cm³/mol. The van der Waals surface area contributed by atoms with E-state index in [0.29, 0.717) is 6.61 Å². The number of esters is 1. The van der Waals surface area contributed by atoms with Crippen molar-refractivity contribution in [1.82, 2.24) is 0 Å². The first kappa shape index (κ1) is 14.6. The molecule has 98 valence electrons. The zero-order valence-corrected chi connectivity index (χ0v) is 10.8. The molecule has 18 heavy (non-hydrogen) atoms. The molecule has 0 atom stereocenters. The maximum Gasteiger partial charge on any atom is 0.306 e. The van der Waals surface area contributed by atoms with Crippen LogP contribution in [-0.2, 0) is 9.53 Å². The topological polar surface area (TPSA) is 43.4 Å². The number of ether oxygens (including phenoxy) is 1. The number of halogens is 2. The van der Waals surface area contributed by atoms with Crippen LogP contribution in [0.4, 0.5) is 4.39 Å². The minimum absolute atomic E-state index is 0.00649. The first-order valence-corrected chi connectivity index (χ1v) is 6.06. The standard InChI is InChI=1S/C13H14ClFO3/c1-2-7-18-13(17)6-5-12(16)10-4-3-9(15)8-11(10)14/h3-4,8H,2,5-7H2,1H3. The van der Waals surface area contributed by atoms with Crippen molar-refractivity contribution in [2.45, 2.75) is 26.2 Å². The molecule has 0 unspecified atom stereocenters. The molecule has 3 nitrogen and oxygen atoms in total. The summed E-state index contributed by atoms with van der Waals surface area (Å²) in [5, 5.41) is 0.0573. The van der Waals surface area contributed by atoms with Crippen LogP contribution in [0, 0.1) is 5.82 Å². The molecule has 0 saturated heterocycles. The van der Waals surface area contributed by atoms with Gasteiger partial charge in [0.2, 0.25) is 0 Å². The first-order chi connectivity index (χ1) is 8.54. The SMILES string of the molecule is CCCOC(=O)CCC(=O)c1ccc(F)cc1Cl. The Morgan fingerprint density at radius 2 is 2.06 bits per heavy atom. The van der Waals surface area contributed by atoms with Crippen LogP contribution in [0.1, 0.15) is 36.5 Å². The average Bonchev–Trinajstić information content (AvgIpc) is 2.33. The maximum atomic E-state index is 12.8. The van der Waals surface area contributed by atoms with Crippen molar-refractivity contribution in [3.05, 3.63) is 34.6 Å². The third-order valence-electron chi connectivity index (χ3n) is 2.25. The fourth-order valence-electron chi connectivity index (χ4n) is 1.35. The van der Waals surface area contributed by atoms with Gasteiger partial charge >= 0.3 is 5.97 Å². The molecule has 0 aliphatic rings. The Hall–Kier alpha value is -1.42. The molecule has 0 radical (unpaired) electrons. The van der Waals surface area contributed by atoms with Crippen molar-refractivity contribution in [2.24, 2.45) is 0 Å². The predicted octanol–water partition coefficient (Wildman–Crippen LogP) is 3.40. The molecule has 0 bridgehead atoms. The van der Waals surface area contributed by atoms with E-state index >= 15 is 0 Å². The second kappa shape index (κ2) is 7.11. The molecule has 0 N–H and O–H groups in total. The first-order valence-electron chi connectivity index (χ1n) is 5.68. The van der Waals surface area contributed by atoms with Crippen molar-refractivity contribution in [2.75, 3.05) is 6.61 Å². The molecular weight excluding hydrogens is 259 g/mol. The van der Waals surface area contributed by atoms with E-state index in [-0.39, 0.29) is 29.2 Å². The van der Waals surface area contributed by atoms with E-state index < -0.39 is 11.8 Å². The highest BCUT2D eigenvalue weighted by molar-refractivity contribution is 6.34. The van der Waals surface area contributed by atoms with Gasteiger partial charge in [0.1, 0.15) is 5.82 Å². The minimum Gasteiger partial charge on any atom is -0.466 e. The lowest BCUT2D eigenvalue weighted by Gasteiger charge is -2.04. The Morgan fingerprint density at radius 3 is 2.67 bits per heavy atom. The Morgan fingerprint density at radius 1 is 1.33 bits per heavy atom. The average molecular weight is 273 g/mol. The van der Waals surface area contributed by atoms with Crippen molar-refractivity contribution < 1.29 is 18.7 Å². The molecule has 0 aromatic heterocycles. The quantitative estimate of drug-likeness (QED) is 0.589. The molecule has 0 aliphatic heterocycles. The van der Waals surface area contributed by atoms with Gasteiger partial charge in [-0.2, -0.15) is 0 Å². The van der Waals surface area contributed by atoms with Gasteiger partial charge in [-0.1, -0.05) is 18.5 Å². The lowest BCUT2D eigenvalue weighted by Crippen LogP contribution is -2.09. The number of carbonyl (C=O) groups is 2. The number of carbonyl (C=O) groups excluding carboxylic acids is 2. The summed E-state index contributed by atoms with van der Waals surface area (Å²) in [5.74, 6) is -1.21. The monoisotopic (exact) mass is 272 g/mol. The third kappa shape index (κ3) is 4.45. The Labute approximate surface area is 110 Å². The van der Waals surface area contributed by atoms with E-state index in [2.05, 4.69) is 0 Å². The number of hydrogen-bond donors (Lipinski definition) is 0. The van der Waals surface area contributed by atoms with Crippen LogP contribution in [0.2, 0.25) is 5.02 Å². The summed E-state index contributed by atoms with van der Waals surface area (Å²) in [7, 11) is 0. The molecule has 0 heterocycles. The van der Waals surface area contributed by atoms with Gasteiger partial charge in [-0.05, 0) is 24.6 Å². The number of rotatable bonds is 6. The van der Waals surface area contributed by atoms with Gasteiger partial charge in [0.15, 0.2) is 5.78 Å². The molecule has 0 fully saturated rings. The molecule has 0 amide bonds. The largest absolute Gasteiger partial charge is 0.466 e. The highest BCUT2D eigenvalue weighted by atomic mass is 35.5. The summed E-state index contributed by atoms with van der Waals surface area (Å²) in [6.45, 7) is 2.24. The molecule has 1 rings (SSSR count). The Bertz CT molecular complexity index is 446. The lowest BCUT2D eigenvalue weighted by atomic mass is 10.1. The van der Waals surface area contributed by atoms with Gasteiger partial charge < -0.3 is 4.74 Å². The number of hydrogen-bond acceptors (Lipinski definition) is 3. The number of Topliss-reactive ketones (excluding diaryl/α,β-unsaturated/α-hetero) is 1. The smallest absolute Gasteiger partial charge is 0.306 e. The minimum atomic E-state index is -0.501. The Balaban J connectivity index is 2.53. The van der Waals surface area contributed by atoms with E-state index in [9.17, 15) is 14.0 Å². The highest BCUT2D eigenvalue weighted by Gasteiger charge is 2.13. The fraction of sp³-hybridized carbons (Fsp3) is 0.385. The molecule has 0 saturated carbocycles. The van der Waals surface area contributed by atoms with Gasteiger partial charge in [0, 0.05) is 12.0 Å². The van der Waals surface area contributed by atoms with Crippen LogP contribution < -0.4 is 0 Å². The normalized spacial score (nSPS) is 10.2. The molecule has 0 aliphatic carbocycles. The van der Waals surface area contributed by atoms with E-state index in [1.807, 2.05) is 6.92 Å². The number of benzene rings is 1. The van der Waals surface area contributed by atoms with Gasteiger partial charge in [-0.15, -0.1) is 0 Å². The molecule has 0 spiro atoms. The molecule has 1 aromatic carbocycles. The van der Waals surface area contributed by atoms with E-state index in [1.54, 1.807) is 0 Å². The second-order valence-electron chi connectivity index (χ2n) is 3.77.